The van der Waals surface area contributed by atoms with Crippen LogP contribution in [0.15, 0.2) is 24.3 Å². The zero-order valence-electron chi connectivity index (χ0n) is 12.6. The Labute approximate surface area is 118 Å². The first-order valence-electron chi connectivity index (χ1n) is 7.69. The summed E-state index contributed by atoms with van der Waals surface area (Å²) in [5.41, 5.74) is 8.04. The Kier molecular flexibility index (Phi) is 4.87. The second kappa shape index (κ2) is 6.42. The van der Waals surface area contributed by atoms with E-state index in [4.69, 9.17) is 5.73 Å². The maximum absolute atomic E-state index is 5.79. The summed E-state index contributed by atoms with van der Waals surface area (Å²) in [4.78, 5) is 2.71. The lowest BCUT2D eigenvalue weighted by Gasteiger charge is -2.36. The zero-order valence-corrected chi connectivity index (χ0v) is 12.6. The van der Waals surface area contributed by atoms with Crippen molar-refractivity contribution in [3.05, 3.63) is 29.8 Å². The van der Waals surface area contributed by atoms with Crippen LogP contribution in [0.2, 0.25) is 0 Å². The number of nitrogens with zero attached hydrogens (tertiary/aromatic N) is 1. The van der Waals surface area contributed by atoms with Crippen molar-refractivity contribution in [2.24, 2.45) is 5.92 Å². The minimum absolute atomic E-state index is 0.492. The third kappa shape index (κ3) is 3.73. The van der Waals surface area contributed by atoms with Crippen LogP contribution in [0.25, 0.3) is 0 Å². The van der Waals surface area contributed by atoms with Crippen molar-refractivity contribution >= 4 is 5.69 Å². The molecule has 2 nitrogen and oxygen atoms in total. The van der Waals surface area contributed by atoms with E-state index >= 15 is 0 Å². The predicted octanol–water partition coefficient (Wildman–Crippen LogP) is 4.23. The first-order valence-corrected chi connectivity index (χ1v) is 7.69. The third-order valence-corrected chi connectivity index (χ3v) is 4.29. The number of hydrogen-bond acceptors (Lipinski definition) is 2. The van der Waals surface area contributed by atoms with Gasteiger partial charge in [-0.1, -0.05) is 38.8 Å². The fraction of sp³-hybridized carbons (Fsp3) is 0.647. The van der Waals surface area contributed by atoms with Crippen molar-refractivity contribution in [3.8, 4) is 0 Å². The molecule has 0 aromatic heterocycles. The highest BCUT2D eigenvalue weighted by Gasteiger charge is 2.27. The minimum Gasteiger partial charge on any atom is -0.399 e. The lowest BCUT2D eigenvalue weighted by molar-refractivity contribution is 0.127. The number of rotatable bonds is 5. The fourth-order valence-electron chi connectivity index (χ4n) is 3.25. The maximum Gasteiger partial charge on any atom is 0.0322 e. The largest absolute Gasteiger partial charge is 0.399 e. The zero-order chi connectivity index (χ0) is 13.8. The van der Waals surface area contributed by atoms with Crippen LogP contribution in [0.3, 0.4) is 0 Å². The second-order valence-corrected chi connectivity index (χ2v) is 6.37. The first kappa shape index (κ1) is 14.4. The molecule has 1 unspecified atom stereocenters. The van der Waals surface area contributed by atoms with E-state index < -0.39 is 0 Å². The summed E-state index contributed by atoms with van der Waals surface area (Å²) in [6.07, 6.45) is 5.53. The molecule has 1 atom stereocenters. The van der Waals surface area contributed by atoms with E-state index in [1.165, 1.54) is 37.8 Å². The molecule has 2 rings (SSSR count). The van der Waals surface area contributed by atoms with Crippen LogP contribution in [-0.4, -0.2) is 17.5 Å². The molecule has 2 heteroatoms. The number of hydrogen-bond donors (Lipinski definition) is 1. The summed E-state index contributed by atoms with van der Waals surface area (Å²) in [7, 11) is 0. The van der Waals surface area contributed by atoms with Crippen molar-refractivity contribution in [2.45, 2.75) is 58.5 Å². The molecule has 1 aliphatic rings. The summed E-state index contributed by atoms with van der Waals surface area (Å²) in [5.74, 6) is 0.719. The summed E-state index contributed by atoms with van der Waals surface area (Å²) in [5, 5.41) is 0. The van der Waals surface area contributed by atoms with Crippen molar-refractivity contribution in [1.82, 2.24) is 4.90 Å². The van der Waals surface area contributed by atoms with Gasteiger partial charge in [-0.2, -0.15) is 0 Å². The van der Waals surface area contributed by atoms with E-state index in [1.54, 1.807) is 0 Å². The highest BCUT2D eigenvalue weighted by atomic mass is 15.2. The quantitative estimate of drug-likeness (QED) is 0.803. The number of anilines is 1. The van der Waals surface area contributed by atoms with E-state index in [9.17, 15) is 0 Å². The molecule has 0 aliphatic heterocycles. The molecule has 0 heterocycles. The molecular weight excluding hydrogens is 232 g/mol. The molecule has 106 valence electrons. The van der Waals surface area contributed by atoms with Gasteiger partial charge < -0.3 is 5.73 Å². The lowest BCUT2D eigenvalue weighted by atomic mass is 10.0. The number of nitrogens with two attached hydrogens (primary N) is 1. The van der Waals surface area contributed by atoms with Crippen molar-refractivity contribution in [2.75, 3.05) is 12.3 Å². The van der Waals surface area contributed by atoms with Gasteiger partial charge in [0.1, 0.15) is 0 Å². The molecular formula is C17H28N2. The summed E-state index contributed by atoms with van der Waals surface area (Å²) < 4.78 is 0. The molecule has 0 spiro atoms. The van der Waals surface area contributed by atoms with E-state index in [0.717, 1.165) is 17.6 Å². The average molecular weight is 260 g/mol. The third-order valence-electron chi connectivity index (χ3n) is 4.29. The Morgan fingerprint density at radius 3 is 2.21 bits per heavy atom. The van der Waals surface area contributed by atoms with Crippen LogP contribution >= 0.6 is 0 Å². The van der Waals surface area contributed by atoms with Crippen LogP contribution in [0, 0.1) is 5.92 Å². The highest BCUT2D eigenvalue weighted by Crippen LogP contribution is 2.31. The molecule has 1 aliphatic carbocycles. The minimum atomic E-state index is 0.492. The number of nitrogen functional groups attached to an aromatic ring is 1. The topological polar surface area (TPSA) is 29.3 Å². The molecule has 0 amide bonds. The van der Waals surface area contributed by atoms with E-state index in [-0.39, 0.29) is 0 Å². The van der Waals surface area contributed by atoms with E-state index in [2.05, 4.69) is 37.8 Å². The van der Waals surface area contributed by atoms with Gasteiger partial charge in [-0.15, -0.1) is 0 Å². The van der Waals surface area contributed by atoms with Crippen molar-refractivity contribution in [1.29, 1.82) is 0 Å². The Morgan fingerprint density at radius 1 is 1.11 bits per heavy atom. The number of benzene rings is 1. The molecule has 2 N–H and O–H groups in total. The van der Waals surface area contributed by atoms with Crippen LogP contribution in [0.1, 0.15) is 58.1 Å². The van der Waals surface area contributed by atoms with Crippen LogP contribution in [-0.2, 0) is 0 Å². The first-order chi connectivity index (χ1) is 9.08. The van der Waals surface area contributed by atoms with Crippen molar-refractivity contribution in [3.63, 3.8) is 0 Å². The van der Waals surface area contributed by atoms with Gasteiger partial charge in [0.05, 0.1) is 0 Å². The molecule has 19 heavy (non-hydrogen) atoms. The average Bonchev–Trinajstić information content (AvgIpc) is 2.89. The van der Waals surface area contributed by atoms with Gasteiger partial charge in [-0.25, -0.2) is 0 Å². The lowest BCUT2D eigenvalue weighted by Crippen LogP contribution is -2.38. The normalized spacial score (nSPS) is 18.4. The Hall–Kier alpha value is -1.02. The van der Waals surface area contributed by atoms with Crippen LogP contribution in [0.5, 0.6) is 0 Å². The summed E-state index contributed by atoms with van der Waals surface area (Å²) in [6.45, 7) is 8.16. The molecule has 1 aromatic carbocycles. The van der Waals surface area contributed by atoms with Gasteiger partial charge in [0.2, 0.25) is 0 Å². The smallest absolute Gasteiger partial charge is 0.0322 e. The Bertz CT molecular complexity index is 377. The van der Waals surface area contributed by atoms with Crippen molar-refractivity contribution < 1.29 is 0 Å². The molecule has 1 aromatic rings. The van der Waals surface area contributed by atoms with Gasteiger partial charge in [0.25, 0.3) is 0 Å². The molecule has 1 saturated carbocycles. The van der Waals surface area contributed by atoms with Gasteiger partial charge in [-0.05, 0) is 43.4 Å². The molecule has 0 radical (unpaired) electrons. The van der Waals surface area contributed by atoms with E-state index in [1.807, 2.05) is 12.1 Å². The SMILES string of the molecule is CC(C)CN(C1CCCC1)C(C)c1ccc(N)cc1. The summed E-state index contributed by atoms with van der Waals surface area (Å²) >= 11 is 0. The molecule has 0 bridgehead atoms. The Morgan fingerprint density at radius 2 is 1.68 bits per heavy atom. The summed E-state index contributed by atoms with van der Waals surface area (Å²) in [6, 6.07) is 9.67. The van der Waals surface area contributed by atoms with Crippen LogP contribution in [0.4, 0.5) is 5.69 Å². The standard InChI is InChI=1S/C17H28N2/c1-13(2)12-19(17-6-4-5-7-17)14(3)15-8-10-16(18)11-9-15/h8-11,13-14,17H,4-7,12,18H2,1-3H3. The van der Waals surface area contributed by atoms with Gasteiger partial charge in [0.15, 0.2) is 0 Å². The van der Waals surface area contributed by atoms with Gasteiger partial charge in [0, 0.05) is 24.3 Å². The molecule has 1 fully saturated rings. The van der Waals surface area contributed by atoms with E-state index in [0.29, 0.717) is 6.04 Å². The van der Waals surface area contributed by atoms with Gasteiger partial charge >= 0.3 is 0 Å². The second-order valence-electron chi connectivity index (χ2n) is 6.37. The molecule has 0 saturated heterocycles. The monoisotopic (exact) mass is 260 g/mol. The van der Waals surface area contributed by atoms with Crippen LogP contribution < -0.4 is 5.73 Å². The maximum atomic E-state index is 5.79. The fourth-order valence-corrected chi connectivity index (χ4v) is 3.25. The highest BCUT2D eigenvalue weighted by molar-refractivity contribution is 5.40. The predicted molar refractivity (Wildman–Crippen MR) is 83.1 cm³/mol. The van der Waals surface area contributed by atoms with Gasteiger partial charge in [-0.3, -0.25) is 4.90 Å². The Balaban J connectivity index is 2.13.